The molecule has 1 unspecified atom stereocenters. The van der Waals surface area contributed by atoms with Gasteiger partial charge in [0, 0.05) is 39.3 Å². The van der Waals surface area contributed by atoms with E-state index in [9.17, 15) is 0 Å². The van der Waals surface area contributed by atoms with Gasteiger partial charge in [-0.3, -0.25) is 0 Å². The Morgan fingerprint density at radius 1 is 1.00 bits per heavy atom. The monoisotopic (exact) mass is 291 g/mol. The molecule has 2 saturated heterocycles. The molecule has 0 spiro atoms. The number of anilines is 3. The van der Waals surface area contributed by atoms with Crippen LogP contribution in [0.25, 0.3) is 0 Å². The summed E-state index contributed by atoms with van der Waals surface area (Å²) < 4.78 is 0. The summed E-state index contributed by atoms with van der Waals surface area (Å²) in [6.45, 7) is 4.09. The smallest absolute Gasteiger partial charge is 0.232 e. The topological polar surface area (TPSA) is 60.4 Å². The highest BCUT2D eigenvalue weighted by Gasteiger charge is 2.27. The fourth-order valence-corrected chi connectivity index (χ4v) is 3.01. The Kier molecular flexibility index (Phi) is 4.10. The molecule has 1 aromatic rings. The molecule has 3 heterocycles. The third-order valence-corrected chi connectivity index (χ3v) is 4.40. The highest BCUT2D eigenvalue weighted by atomic mass is 15.4. The number of hydrogen-bond acceptors (Lipinski definition) is 7. The molecule has 1 N–H and O–H groups in total. The second-order valence-electron chi connectivity index (χ2n) is 6.06. The molecule has 116 valence electrons. The number of rotatable bonds is 4. The van der Waals surface area contributed by atoms with Crippen molar-refractivity contribution in [2.45, 2.75) is 25.3 Å². The Morgan fingerprint density at radius 3 is 2.24 bits per heavy atom. The van der Waals surface area contributed by atoms with Crippen molar-refractivity contribution in [2.75, 3.05) is 62.4 Å². The maximum Gasteiger partial charge on any atom is 0.232 e. The molecule has 2 aliphatic heterocycles. The van der Waals surface area contributed by atoms with Crippen molar-refractivity contribution in [3.8, 4) is 0 Å². The number of likely N-dealkylation sites (N-methyl/N-ethyl adjacent to an activating group) is 1. The van der Waals surface area contributed by atoms with E-state index in [1.165, 1.54) is 12.8 Å². The molecule has 1 atom stereocenters. The first-order valence-electron chi connectivity index (χ1n) is 7.77. The molecule has 0 radical (unpaired) electrons. The Hall–Kier alpha value is -1.63. The first-order valence-corrected chi connectivity index (χ1v) is 7.77. The molecule has 3 rings (SSSR count). The van der Waals surface area contributed by atoms with Crippen molar-refractivity contribution in [2.24, 2.45) is 0 Å². The molecule has 7 heteroatoms. The molecule has 21 heavy (non-hydrogen) atoms. The van der Waals surface area contributed by atoms with Crippen LogP contribution in [0, 0.1) is 0 Å². The van der Waals surface area contributed by atoms with Gasteiger partial charge in [0.15, 0.2) is 0 Å². The number of aromatic nitrogens is 3. The molecule has 0 amide bonds. The van der Waals surface area contributed by atoms with E-state index in [-0.39, 0.29) is 0 Å². The molecule has 2 fully saturated rings. The fraction of sp³-hybridized carbons (Fsp3) is 0.786. The van der Waals surface area contributed by atoms with E-state index in [2.05, 4.69) is 44.1 Å². The van der Waals surface area contributed by atoms with Gasteiger partial charge in [-0.1, -0.05) is 0 Å². The van der Waals surface area contributed by atoms with Gasteiger partial charge in [0.05, 0.1) is 0 Å². The van der Waals surface area contributed by atoms with Gasteiger partial charge in [0.25, 0.3) is 0 Å². The summed E-state index contributed by atoms with van der Waals surface area (Å²) in [4.78, 5) is 20.6. The summed E-state index contributed by atoms with van der Waals surface area (Å²) in [5.74, 6) is 2.28. The highest BCUT2D eigenvalue weighted by Crippen LogP contribution is 2.23. The van der Waals surface area contributed by atoms with Crippen molar-refractivity contribution in [1.29, 1.82) is 0 Å². The van der Waals surface area contributed by atoms with Crippen LogP contribution in [0.1, 0.15) is 19.3 Å². The van der Waals surface area contributed by atoms with Crippen LogP contribution in [0.4, 0.5) is 17.8 Å². The van der Waals surface area contributed by atoms with Gasteiger partial charge < -0.3 is 20.0 Å². The van der Waals surface area contributed by atoms with E-state index in [1.54, 1.807) is 0 Å². The number of hydrogen-bond donors (Lipinski definition) is 1. The van der Waals surface area contributed by atoms with Crippen LogP contribution in [-0.4, -0.2) is 73.2 Å². The van der Waals surface area contributed by atoms with E-state index in [1.807, 2.05) is 7.05 Å². The summed E-state index contributed by atoms with van der Waals surface area (Å²) in [7, 11) is 6.13. The predicted molar refractivity (Wildman–Crippen MR) is 85.1 cm³/mol. The maximum absolute atomic E-state index is 4.71. The lowest BCUT2D eigenvalue weighted by Gasteiger charge is -2.22. The van der Waals surface area contributed by atoms with E-state index in [0.29, 0.717) is 12.0 Å². The third-order valence-electron chi connectivity index (χ3n) is 4.40. The zero-order valence-corrected chi connectivity index (χ0v) is 13.2. The molecule has 2 aliphatic rings. The second-order valence-corrected chi connectivity index (χ2v) is 6.06. The lowest BCUT2D eigenvalue weighted by molar-refractivity contribution is 0.315. The van der Waals surface area contributed by atoms with Gasteiger partial charge >= 0.3 is 0 Å². The van der Waals surface area contributed by atoms with E-state index in [0.717, 1.165) is 44.5 Å². The molecule has 0 aliphatic carbocycles. The van der Waals surface area contributed by atoms with Gasteiger partial charge in [0.2, 0.25) is 17.8 Å². The van der Waals surface area contributed by atoms with E-state index >= 15 is 0 Å². The average molecular weight is 291 g/mol. The minimum atomic E-state index is 0.579. The van der Waals surface area contributed by atoms with Crippen LogP contribution >= 0.6 is 0 Å². The quantitative estimate of drug-likeness (QED) is 0.874. The van der Waals surface area contributed by atoms with Crippen molar-refractivity contribution in [3.05, 3.63) is 0 Å². The highest BCUT2D eigenvalue weighted by molar-refractivity contribution is 5.46. The van der Waals surface area contributed by atoms with Crippen molar-refractivity contribution in [1.82, 2.24) is 19.9 Å². The molecule has 0 bridgehead atoms. The summed E-state index contributed by atoms with van der Waals surface area (Å²) in [6.07, 6.45) is 3.61. The largest absolute Gasteiger partial charge is 0.357 e. The fourth-order valence-electron chi connectivity index (χ4n) is 3.01. The molecule has 0 saturated carbocycles. The first-order chi connectivity index (χ1) is 10.2. The molecule has 7 nitrogen and oxygen atoms in total. The van der Waals surface area contributed by atoms with Gasteiger partial charge in [-0.15, -0.1) is 0 Å². The van der Waals surface area contributed by atoms with Crippen molar-refractivity contribution in [3.63, 3.8) is 0 Å². The van der Waals surface area contributed by atoms with E-state index in [4.69, 9.17) is 4.98 Å². The van der Waals surface area contributed by atoms with Gasteiger partial charge in [-0.2, -0.15) is 15.0 Å². The van der Waals surface area contributed by atoms with E-state index < -0.39 is 0 Å². The zero-order valence-electron chi connectivity index (χ0n) is 13.2. The summed E-state index contributed by atoms with van der Waals surface area (Å²) in [6, 6.07) is 0.579. The number of nitrogens with one attached hydrogen (secondary N) is 1. The van der Waals surface area contributed by atoms with Crippen LogP contribution in [0.3, 0.4) is 0 Å². The normalized spacial score (nSPS) is 22.4. The second kappa shape index (κ2) is 6.01. The Bertz CT molecular complexity index is 484. The number of nitrogens with zero attached hydrogens (tertiary/aromatic N) is 6. The predicted octanol–water partition coefficient (Wildman–Crippen LogP) is 0.654. The lowest BCUT2D eigenvalue weighted by Crippen LogP contribution is -2.32. The summed E-state index contributed by atoms with van der Waals surface area (Å²) >= 11 is 0. The van der Waals surface area contributed by atoms with Crippen LogP contribution in [0.5, 0.6) is 0 Å². The van der Waals surface area contributed by atoms with Crippen LogP contribution in [0.15, 0.2) is 0 Å². The standard InChI is InChI=1S/C14H25N7/c1-15-12-16-13(20-7-4-5-8-20)18-14(17-12)21-9-6-11(10-21)19(2)3/h11H,4-10H2,1-3H3,(H,15,16,17,18). The molecule has 0 aromatic carbocycles. The Labute approximate surface area is 126 Å². The zero-order chi connectivity index (χ0) is 14.8. The Balaban J connectivity index is 1.82. The van der Waals surface area contributed by atoms with Crippen LogP contribution in [-0.2, 0) is 0 Å². The van der Waals surface area contributed by atoms with Crippen LogP contribution < -0.4 is 15.1 Å². The SMILES string of the molecule is CNc1nc(N2CCCC2)nc(N2CCC(N(C)C)C2)n1. The molecular formula is C14H25N7. The average Bonchev–Trinajstić information content (AvgIpc) is 3.18. The lowest BCUT2D eigenvalue weighted by atomic mass is 10.2. The van der Waals surface area contributed by atoms with Crippen molar-refractivity contribution < 1.29 is 0 Å². The first kappa shape index (κ1) is 14.3. The van der Waals surface area contributed by atoms with Gasteiger partial charge in [-0.05, 0) is 33.4 Å². The molecular weight excluding hydrogens is 266 g/mol. The third kappa shape index (κ3) is 3.02. The molecule has 1 aromatic heterocycles. The minimum absolute atomic E-state index is 0.579. The van der Waals surface area contributed by atoms with Gasteiger partial charge in [0.1, 0.15) is 0 Å². The maximum atomic E-state index is 4.71. The minimum Gasteiger partial charge on any atom is -0.357 e. The summed E-state index contributed by atoms with van der Waals surface area (Å²) in [5, 5.41) is 3.06. The van der Waals surface area contributed by atoms with Gasteiger partial charge in [-0.25, -0.2) is 0 Å². The van der Waals surface area contributed by atoms with Crippen LogP contribution in [0.2, 0.25) is 0 Å². The Morgan fingerprint density at radius 2 is 1.67 bits per heavy atom. The van der Waals surface area contributed by atoms with Crippen molar-refractivity contribution >= 4 is 17.8 Å². The summed E-state index contributed by atoms with van der Waals surface area (Å²) in [5.41, 5.74) is 0.